The number of amides is 2. The molecule has 0 bridgehead atoms. The van der Waals surface area contributed by atoms with Crippen LogP contribution in [-0.4, -0.2) is 21.8 Å². The summed E-state index contributed by atoms with van der Waals surface area (Å²) < 4.78 is 0. The van der Waals surface area contributed by atoms with Crippen molar-refractivity contribution in [1.29, 1.82) is 0 Å². The molecule has 0 radical (unpaired) electrons. The highest BCUT2D eigenvalue weighted by Crippen LogP contribution is 2.30. The molecule has 0 fully saturated rings. The molecule has 0 unspecified atom stereocenters. The number of carbonyl (C=O) groups is 2. The minimum absolute atomic E-state index is 0.0936. The predicted molar refractivity (Wildman–Crippen MR) is 120 cm³/mol. The molecule has 2 aromatic carbocycles. The van der Waals surface area contributed by atoms with Gasteiger partial charge in [0, 0.05) is 17.8 Å². The number of nitrogens with zero attached hydrogens (tertiary/aromatic N) is 1. The Morgan fingerprint density at radius 1 is 1.06 bits per heavy atom. The highest BCUT2D eigenvalue weighted by Gasteiger charge is 2.34. The van der Waals surface area contributed by atoms with Crippen molar-refractivity contribution < 1.29 is 9.59 Å². The second kappa shape index (κ2) is 8.43. The number of nitrogens with one attached hydrogen (secondary N) is 4. The Kier molecular flexibility index (Phi) is 5.53. The van der Waals surface area contributed by atoms with Gasteiger partial charge in [-0.3, -0.25) is 19.4 Å². The van der Waals surface area contributed by atoms with E-state index in [1.165, 1.54) is 0 Å². The Labute approximate surface area is 179 Å². The van der Waals surface area contributed by atoms with Gasteiger partial charge in [0.15, 0.2) is 0 Å². The zero-order valence-electron chi connectivity index (χ0n) is 17.3. The van der Waals surface area contributed by atoms with Gasteiger partial charge in [0.25, 0.3) is 5.56 Å². The summed E-state index contributed by atoms with van der Waals surface area (Å²) in [7, 11) is 0. The van der Waals surface area contributed by atoms with Gasteiger partial charge in [-0.05, 0) is 43.2 Å². The van der Waals surface area contributed by atoms with Crippen LogP contribution in [0.1, 0.15) is 36.0 Å². The average molecular weight is 417 g/mol. The summed E-state index contributed by atoms with van der Waals surface area (Å²) in [6, 6.07) is 15.0. The van der Waals surface area contributed by atoms with Gasteiger partial charge in [-0.25, -0.2) is 0 Å². The fourth-order valence-electron chi connectivity index (χ4n) is 3.48. The van der Waals surface area contributed by atoms with Crippen molar-refractivity contribution >= 4 is 35.0 Å². The molecule has 1 aliphatic heterocycles. The number of aryl methyl sites for hydroxylation is 2. The van der Waals surface area contributed by atoms with Gasteiger partial charge in [-0.1, -0.05) is 36.8 Å². The van der Waals surface area contributed by atoms with Crippen LogP contribution in [0.3, 0.4) is 0 Å². The third kappa shape index (κ3) is 4.48. The SMILES string of the molecule is CCc1ccc(NC(=O)[C@H]2CC(=O)Nc3nc(Nc4ccc(C)cc4)[nH]c(=O)c32)cc1. The van der Waals surface area contributed by atoms with Crippen molar-refractivity contribution in [1.82, 2.24) is 9.97 Å². The molecule has 0 spiro atoms. The zero-order chi connectivity index (χ0) is 22.0. The summed E-state index contributed by atoms with van der Waals surface area (Å²) in [4.78, 5) is 44.9. The molecule has 2 heterocycles. The minimum Gasteiger partial charge on any atom is -0.326 e. The molecule has 3 aromatic rings. The van der Waals surface area contributed by atoms with Crippen LogP contribution in [0.2, 0.25) is 0 Å². The third-order valence-electron chi connectivity index (χ3n) is 5.21. The van der Waals surface area contributed by atoms with Crippen LogP contribution in [0.25, 0.3) is 0 Å². The summed E-state index contributed by atoms with van der Waals surface area (Å²) in [6.07, 6.45) is 0.770. The third-order valence-corrected chi connectivity index (χ3v) is 5.21. The van der Waals surface area contributed by atoms with Gasteiger partial charge in [-0.15, -0.1) is 0 Å². The number of H-pyrrole nitrogens is 1. The molecular weight excluding hydrogens is 394 g/mol. The topological polar surface area (TPSA) is 116 Å². The monoisotopic (exact) mass is 417 g/mol. The Bertz CT molecular complexity index is 1180. The summed E-state index contributed by atoms with van der Waals surface area (Å²) >= 11 is 0. The molecule has 158 valence electrons. The first kappa shape index (κ1) is 20.3. The molecule has 1 aromatic heterocycles. The summed E-state index contributed by atoms with van der Waals surface area (Å²) in [6.45, 7) is 4.02. The zero-order valence-corrected chi connectivity index (χ0v) is 17.3. The van der Waals surface area contributed by atoms with Crippen molar-refractivity contribution in [3.05, 3.63) is 75.6 Å². The highest BCUT2D eigenvalue weighted by molar-refractivity contribution is 6.04. The van der Waals surface area contributed by atoms with Crippen LogP contribution in [0, 0.1) is 6.92 Å². The van der Waals surface area contributed by atoms with Crippen LogP contribution in [0.15, 0.2) is 53.3 Å². The number of aromatic amines is 1. The van der Waals surface area contributed by atoms with Crippen LogP contribution >= 0.6 is 0 Å². The molecule has 1 atom stereocenters. The molecule has 0 aliphatic carbocycles. The van der Waals surface area contributed by atoms with Crippen LogP contribution in [0.5, 0.6) is 0 Å². The van der Waals surface area contributed by atoms with Crippen molar-refractivity contribution in [3.8, 4) is 0 Å². The first-order chi connectivity index (χ1) is 14.9. The smallest absolute Gasteiger partial charge is 0.258 e. The fraction of sp³-hybridized carbons (Fsp3) is 0.217. The number of hydrogen-bond donors (Lipinski definition) is 4. The summed E-state index contributed by atoms with van der Waals surface area (Å²) in [5, 5.41) is 8.42. The Morgan fingerprint density at radius 2 is 1.74 bits per heavy atom. The standard InChI is InChI=1S/C23H23N5O3/c1-3-14-6-10-15(11-7-14)24-21(30)17-12-18(29)26-20-19(17)22(31)28-23(27-20)25-16-8-4-13(2)5-9-16/h4-11,17H,3,12H2,1-2H3,(H,24,30)(H3,25,26,27,28,29,31)/t17-/m0/s1. The van der Waals surface area contributed by atoms with Crippen molar-refractivity contribution in [3.63, 3.8) is 0 Å². The maximum Gasteiger partial charge on any atom is 0.258 e. The Balaban J connectivity index is 1.60. The van der Waals surface area contributed by atoms with Gasteiger partial charge in [0.1, 0.15) is 5.82 Å². The number of fused-ring (bicyclic) bond motifs is 1. The number of carbonyl (C=O) groups excluding carboxylic acids is 2. The molecule has 8 heteroatoms. The van der Waals surface area contributed by atoms with E-state index in [0.29, 0.717) is 5.69 Å². The molecule has 31 heavy (non-hydrogen) atoms. The lowest BCUT2D eigenvalue weighted by Crippen LogP contribution is -2.36. The molecular formula is C23H23N5O3. The van der Waals surface area contributed by atoms with E-state index in [4.69, 9.17) is 0 Å². The van der Waals surface area contributed by atoms with E-state index >= 15 is 0 Å². The Morgan fingerprint density at radius 3 is 2.42 bits per heavy atom. The van der Waals surface area contributed by atoms with Crippen molar-refractivity contribution in [2.45, 2.75) is 32.6 Å². The van der Waals surface area contributed by atoms with E-state index in [1.807, 2.05) is 50.2 Å². The molecule has 2 amide bonds. The van der Waals surface area contributed by atoms with Crippen molar-refractivity contribution in [2.24, 2.45) is 0 Å². The fourth-order valence-corrected chi connectivity index (χ4v) is 3.48. The molecule has 1 aliphatic rings. The number of aromatic nitrogens is 2. The van der Waals surface area contributed by atoms with E-state index in [1.54, 1.807) is 12.1 Å². The maximum atomic E-state index is 12.9. The van der Waals surface area contributed by atoms with Crippen LogP contribution in [0.4, 0.5) is 23.1 Å². The molecule has 0 saturated heterocycles. The number of benzene rings is 2. The predicted octanol–water partition coefficient (Wildman–Crippen LogP) is 3.45. The normalized spacial score (nSPS) is 15.0. The summed E-state index contributed by atoms with van der Waals surface area (Å²) in [5.74, 6) is -1.44. The second-order valence-electron chi connectivity index (χ2n) is 7.51. The molecule has 8 nitrogen and oxygen atoms in total. The second-order valence-corrected chi connectivity index (χ2v) is 7.51. The first-order valence-electron chi connectivity index (χ1n) is 10.1. The van der Waals surface area contributed by atoms with Gasteiger partial charge < -0.3 is 16.0 Å². The molecule has 0 saturated carbocycles. The van der Waals surface area contributed by atoms with Crippen LogP contribution in [-0.2, 0) is 16.0 Å². The average Bonchev–Trinajstić information content (AvgIpc) is 2.75. The lowest BCUT2D eigenvalue weighted by Gasteiger charge is -2.23. The quantitative estimate of drug-likeness (QED) is 0.507. The van der Waals surface area contributed by atoms with Gasteiger partial charge in [0.2, 0.25) is 17.8 Å². The molecule has 4 N–H and O–H groups in total. The lowest BCUT2D eigenvalue weighted by molar-refractivity contribution is -0.123. The maximum absolute atomic E-state index is 12.9. The van der Waals surface area contributed by atoms with Gasteiger partial charge in [0.05, 0.1) is 11.5 Å². The van der Waals surface area contributed by atoms with Crippen molar-refractivity contribution in [2.75, 3.05) is 16.0 Å². The van der Waals surface area contributed by atoms with E-state index in [0.717, 1.165) is 23.2 Å². The largest absolute Gasteiger partial charge is 0.326 e. The van der Waals surface area contributed by atoms with E-state index in [9.17, 15) is 14.4 Å². The lowest BCUT2D eigenvalue weighted by atomic mass is 9.92. The van der Waals surface area contributed by atoms with E-state index in [2.05, 4.69) is 25.9 Å². The molecule has 4 rings (SSSR count). The minimum atomic E-state index is -0.931. The Hall–Kier alpha value is -3.94. The highest BCUT2D eigenvalue weighted by atomic mass is 16.2. The number of anilines is 4. The van der Waals surface area contributed by atoms with Crippen LogP contribution < -0.4 is 21.5 Å². The first-order valence-corrected chi connectivity index (χ1v) is 10.1. The van der Waals surface area contributed by atoms with E-state index in [-0.39, 0.29) is 29.7 Å². The van der Waals surface area contributed by atoms with Gasteiger partial charge >= 0.3 is 0 Å². The van der Waals surface area contributed by atoms with E-state index < -0.39 is 17.4 Å². The number of rotatable bonds is 5. The number of hydrogen-bond acceptors (Lipinski definition) is 5. The van der Waals surface area contributed by atoms with Gasteiger partial charge in [-0.2, -0.15) is 4.98 Å². The summed E-state index contributed by atoms with van der Waals surface area (Å²) in [5.41, 5.74) is 3.27.